The highest BCUT2D eigenvalue weighted by molar-refractivity contribution is 7.81. The zero-order valence-corrected chi connectivity index (χ0v) is 14.0. The van der Waals surface area contributed by atoms with Gasteiger partial charge in [-0.05, 0) is 17.7 Å². The number of phenolic OH excluding ortho intramolecular Hbond substituents is 2. The lowest BCUT2D eigenvalue weighted by atomic mass is 10.0. The van der Waals surface area contributed by atoms with E-state index in [1.54, 1.807) is 24.3 Å². The first-order chi connectivity index (χ1) is 12.2. The Balaban J connectivity index is 2.26. The van der Waals surface area contributed by atoms with Crippen molar-refractivity contribution in [1.82, 2.24) is 0 Å². The molecule has 0 radical (unpaired) electrons. The van der Waals surface area contributed by atoms with Crippen LogP contribution in [0, 0.1) is 0 Å². The molecular formula is C16H12O9S. The number of aromatic hydroxyl groups is 2. The summed E-state index contributed by atoms with van der Waals surface area (Å²) in [6.45, 7) is 0. The summed E-state index contributed by atoms with van der Waals surface area (Å²) >= 11 is 0. The summed E-state index contributed by atoms with van der Waals surface area (Å²) in [5.41, 5.74) is -0.385. The van der Waals surface area contributed by atoms with Gasteiger partial charge in [0, 0.05) is 6.07 Å². The first-order valence-electron chi connectivity index (χ1n) is 7.03. The molecule has 0 aliphatic rings. The molecule has 10 heteroatoms. The summed E-state index contributed by atoms with van der Waals surface area (Å²) in [6, 6.07) is 7.29. The topological polar surface area (TPSA) is 144 Å². The van der Waals surface area contributed by atoms with E-state index in [1.807, 2.05) is 0 Å². The maximum absolute atomic E-state index is 12.7. The SMILES string of the molecule is COc1ccc(-c2coc3cc(O)c(OS(=O)(=O)O)c(O)c3c2=O)cc1. The predicted octanol–water partition coefficient (Wildman–Crippen LogP) is 2.06. The molecule has 2 aromatic carbocycles. The lowest BCUT2D eigenvalue weighted by molar-refractivity contribution is 0.355. The molecule has 0 unspecified atom stereocenters. The molecule has 0 amide bonds. The Hall–Kier alpha value is -3.24. The normalized spacial score (nSPS) is 11.5. The van der Waals surface area contributed by atoms with E-state index in [0.29, 0.717) is 11.3 Å². The van der Waals surface area contributed by atoms with Gasteiger partial charge in [-0.15, -0.1) is 0 Å². The van der Waals surface area contributed by atoms with E-state index in [-0.39, 0.29) is 11.1 Å². The molecule has 0 fully saturated rings. The quantitative estimate of drug-likeness (QED) is 0.579. The van der Waals surface area contributed by atoms with Crippen LogP contribution in [-0.4, -0.2) is 30.3 Å². The van der Waals surface area contributed by atoms with Crippen molar-refractivity contribution in [1.29, 1.82) is 0 Å². The highest BCUT2D eigenvalue weighted by Crippen LogP contribution is 2.42. The number of fused-ring (bicyclic) bond motifs is 1. The second kappa shape index (κ2) is 6.24. The third kappa shape index (κ3) is 3.15. The average Bonchev–Trinajstić information content (AvgIpc) is 2.58. The standard InChI is InChI=1S/C16H12O9S/c1-23-9-4-2-8(3-5-9)10-7-24-12-6-11(17)16(25-26(20,21)22)15(19)13(12)14(10)18/h2-7,17,19H,1H3,(H,20,21,22). The number of benzene rings is 2. The lowest BCUT2D eigenvalue weighted by Gasteiger charge is -2.10. The van der Waals surface area contributed by atoms with E-state index in [0.717, 1.165) is 12.3 Å². The average molecular weight is 380 g/mol. The van der Waals surface area contributed by atoms with Gasteiger partial charge in [-0.2, -0.15) is 8.42 Å². The van der Waals surface area contributed by atoms with Crippen molar-refractivity contribution in [2.75, 3.05) is 7.11 Å². The molecule has 0 atom stereocenters. The van der Waals surface area contributed by atoms with Crippen LogP contribution in [0.25, 0.3) is 22.1 Å². The molecule has 26 heavy (non-hydrogen) atoms. The third-order valence-corrected chi connectivity index (χ3v) is 3.94. The second-order valence-electron chi connectivity index (χ2n) is 5.16. The van der Waals surface area contributed by atoms with Gasteiger partial charge in [0.25, 0.3) is 0 Å². The maximum Gasteiger partial charge on any atom is 0.446 e. The van der Waals surface area contributed by atoms with Crippen molar-refractivity contribution in [3.05, 3.63) is 46.8 Å². The van der Waals surface area contributed by atoms with Crippen LogP contribution in [0.2, 0.25) is 0 Å². The van der Waals surface area contributed by atoms with Crippen LogP contribution in [0.1, 0.15) is 0 Å². The molecule has 3 N–H and O–H groups in total. The first-order valence-corrected chi connectivity index (χ1v) is 8.39. The number of phenols is 2. The van der Waals surface area contributed by atoms with Crippen molar-refractivity contribution in [2.24, 2.45) is 0 Å². The van der Waals surface area contributed by atoms with Crippen LogP contribution in [-0.2, 0) is 10.4 Å². The molecule has 3 aromatic rings. The van der Waals surface area contributed by atoms with Crippen molar-refractivity contribution < 1.29 is 36.5 Å². The molecule has 1 heterocycles. The molecule has 0 saturated carbocycles. The van der Waals surface area contributed by atoms with Gasteiger partial charge in [0.1, 0.15) is 23.0 Å². The molecule has 136 valence electrons. The highest BCUT2D eigenvalue weighted by atomic mass is 32.3. The Labute approximate surface area is 146 Å². The number of rotatable bonds is 4. The van der Waals surface area contributed by atoms with Gasteiger partial charge in [-0.1, -0.05) is 12.1 Å². The number of hydrogen-bond acceptors (Lipinski definition) is 8. The summed E-state index contributed by atoms with van der Waals surface area (Å²) in [5, 5.41) is 19.5. The third-order valence-electron chi connectivity index (χ3n) is 3.56. The molecule has 0 aliphatic carbocycles. The van der Waals surface area contributed by atoms with Crippen LogP contribution in [0.5, 0.6) is 23.0 Å². The Bertz CT molecular complexity index is 1150. The molecule has 0 aliphatic heterocycles. The fourth-order valence-corrected chi connectivity index (χ4v) is 2.77. The van der Waals surface area contributed by atoms with Gasteiger partial charge < -0.3 is 23.6 Å². The van der Waals surface area contributed by atoms with Crippen molar-refractivity contribution in [3.63, 3.8) is 0 Å². The lowest BCUT2D eigenvalue weighted by Crippen LogP contribution is -2.09. The van der Waals surface area contributed by atoms with E-state index >= 15 is 0 Å². The zero-order chi connectivity index (χ0) is 19.1. The molecular weight excluding hydrogens is 368 g/mol. The second-order valence-corrected chi connectivity index (χ2v) is 6.19. The van der Waals surface area contributed by atoms with Gasteiger partial charge in [-0.3, -0.25) is 9.35 Å². The first kappa shape index (κ1) is 17.6. The molecule has 0 saturated heterocycles. The van der Waals surface area contributed by atoms with Gasteiger partial charge in [-0.25, -0.2) is 0 Å². The Morgan fingerprint density at radius 3 is 2.35 bits per heavy atom. The van der Waals surface area contributed by atoms with Crippen LogP contribution in [0.3, 0.4) is 0 Å². The minimum Gasteiger partial charge on any atom is -0.504 e. The van der Waals surface area contributed by atoms with E-state index in [2.05, 4.69) is 4.18 Å². The van der Waals surface area contributed by atoms with Gasteiger partial charge in [0.2, 0.25) is 11.2 Å². The summed E-state index contributed by atoms with van der Waals surface area (Å²) in [4.78, 5) is 12.7. The summed E-state index contributed by atoms with van der Waals surface area (Å²) in [7, 11) is -3.55. The zero-order valence-electron chi connectivity index (χ0n) is 13.2. The van der Waals surface area contributed by atoms with Gasteiger partial charge >= 0.3 is 10.4 Å². The molecule has 1 aromatic heterocycles. The summed E-state index contributed by atoms with van der Waals surface area (Å²) in [6.07, 6.45) is 1.13. The Morgan fingerprint density at radius 1 is 1.12 bits per heavy atom. The Kier molecular flexibility index (Phi) is 4.22. The summed E-state index contributed by atoms with van der Waals surface area (Å²) in [5.74, 6) is -2.25. The largest absolute Gasteiger partial charge is 0.504 e. The van der Waals surface area contributed by atoms with E-state index in [4.69, 9.17) is 13.7 Å². The molecule has 0 bridgehead atoms. The summed E-state index contributed by atoms with van der Waals surface area (Å²) < 4.78 is 44.9. The van der Waals surface area contributed by atoms with Crippen molar-refractivity contribution >= 4 is 21.4 Å². The van der Waals surface area contributed by atoms with Crippen molar-refractivity contribution in [2.45, 2.75) is 0 Å². The number of hydrogen-bond donors (Lipinski definition) is 3. The number of ether oxygens (including phenoxy) is 1. The Morgan fingerprint density at radius 2 is 1.77 bits per heavy atom. The number of methoxy groups -OCH3 is 1. The maximum atomic E-state index is 12.7. The van der Waals surface area contributed by atoms with Crippen LogP contribution in [0.15, 0.2) is 45.8 Å². The van der Waals surface area contributed by atoms with E-state index in [1.165, 1.54) is 7.11 Å². The van der Waals surface area contributed by atoms with Crippen LogP contribution < -0.4 is 14.3 Å². The minimum absolute atomic E-state index is 0.0685. The smallest absolute Gasteiger partial charge is 0.446 e. The van der Waals surface area contributed by atoms with Gasteiger partial charge in [0.15, 0.2) is 11.5 Å². The van der Waals surface area contributed by atoms with Crippen LogP contribution in [0.4, 0.5) is 0 Å². The fourth-order valence-electron chi connectivity index (χ4n) is 2.39. The molecule has 3 rings (SSSR count). The van der Waals surface area contributed by atoms with Gasteiger partial charge in [0.05, 0.1) is 12.7 Å². The highest BCUT2D eigenvalue weighted by Gasteiger charge is 2.23. The monoisotopic (exact) mass is 380 g/mol. The van der Waals surface area contributed by atoms with Crippen molar-refractivity contribution in [3.8, 4) is 34.1 Å². The predicted molar refractivity (Wildman–Crippen MR) is 90.0 cm³/mol. The van der Waals surface area contributed by atoms with E-state index < -0.39 is 38.5 Å². The van der Waals surface area contributed by atoms with E-state index in [9.17, 15) is 23.4 Å². The molecule has 9 nitrogen and oxygen atoms in total. The minimum atomic E-state index is -5.04. The molecule has 0 spiro atoms. The van der Waals surface area contributed by atoms with Crippen LogP contribution >= 0.6 is 0 Å². The fraction of sp³-hybridized carbons (Fsp3) is 0.0625.